The highest BCUT2D eigenvalue weighted by atomic mass is 32.2. The highest BCUT2D eigenvalue weighted by Gasteiger charge is 2.16. The van der Waals surface area contributed by atoms with Crippen molar-refractivity contribution in [2.45, 2.75) is 26.3 Å². The number of rotatable bonds is 6. The molecule has 0 aliphatic carbocycles. The Morgan fingerprint density at radius 3 is 3.00 bits per heavy atom. The fraction of sp³-hybridized carbons (Fsp3) is 0.769. The first-order chi connectivity index (χ1) is 8.79. The van der Waals surface area contributed by atoms with Crippen LogP contribution < -0.4 is 5.32 Å². The van der Waals surface area contributed by atoms with Crippen LogP contribution in [0, 0.1) is 12.8 Å². The van der Waals surface area contributed by atoms with Crippen molar-refractivity contribution >= 4 is 17.7 Å². The molecule has 2 rings (SSSR count). The number of hydrogen-bond acceptors (Lipinski definition) is 4. The van der Waals surface area contributed by atoms with Crippen LogP contribution in [0.5, 0.6) is 0 Å². The molecule has 0 amide bonds. The van der Waals surface area contributed by atoms with Crippen LogP contribution in [0.25, 0.3) is 0 Å². The largest absolute Gasteiger partial charge is 0.383 e. The molecule has 0 bridgehead atoms. The third-order valence-electron chi connectivity index (χ3n) is 3.28. The summed E-state index contributed by atoms with van der Waals surface area (Å²) in [6.45, 7) is 4.67. The standard InChI is InChI=1S/C13H23N3OS/c1-11-9-16(10-12-3-7-18-8-4-12)13(15-11)14-5-6-17-2/h9,12H,3-8,10H2,1-2H3,(H,14,15). The maximum absolute atomic E-state index is 5.06. The zero-order valence-corrected chi connectivity index (χ0v) is 12.1. The fourth-order valence-corrected chi connectivity index (χ4v) is 3.50. The summed E-state index contributed by atoms with van der Waals surface area (Å²) in [5.74, 6) is 4.42. The van der Waals surface area contributed by atoms with E-state index in [0.29, 0.717) is 6.61 Å². The van der Waals surface area contributed by atoms with Crippen molar-refractivity contribution in [3.05, 3.63) is 11.9 Å². The Morgan fingerprint density at radius 1 is 1.50 bits per heavy atom. The number of aryl methyl sites for hydroxylation is 1. The van der Waals surface area contributed by atoms with Gasteiger partial charge < -0.3 is 14.6 Å². The van der Waals surface area contributed by atoms with Crippen molar-refractivity contribution in [2.24, 2.45) is 5.92 Å². The molecule has 1 aliphatic heterocycles. The van der Waals surface area contributed by atoms with Gasteiger partial charge in [0.15, 0.2) is 0 Å². The lowest BCUT2D eigenvalue weighted by Crippen LogP contribution is -2.18. The van der Waals surface area contributed by atoms with E-state index in [1.54, 1.807) is 7.11 Å². The molecule has 0 saturated carbocycles. The number of methoxy groups -OCH3 is 1. The van der Waals surface area contributed by atoms with Gasteiger partial charge in [-0.15, -0.1) is 0 Å². The van der Waals surface area contributed by atoms with Gasteiger partial charge in [0.2, 0.25) is 5.95 Å². The molecule has 0 spiro atoms. The van der Waals surface area contributed by atoms with Crippen LogP contribution in [0.15, 0.2) is 6.20 Å². The smallest absolute Gasteiger partial charge is 0.203 e. The first-order valence-electron chi connectivity index (χ1n) is 6.64. The van der Waals surface area contributed by atoms with Gasteiger partial charge >= 0.3 is 0 Å². The van der Waals surface area contributed by atoms with Gasteiger partial charge in [0.05, 0.1) is 12.3 Å². The number of hydrogen-bond donors (Lipinski definition) is 1. The minimum atomic E-state index is 0.714. The second-order valence-electron chi connectivity index (χ2n) is 4.83. The average molecular weight is 269 g/mol. The minimum Gasteiger partial charge on any atom is -0.383 e. The Bertz CT molecular complexity index is 361. The SMILES string of the molecule is COCCNc1nc(C)cn1CC1CCSCC1. The summed E-state index contributed by atoms with van der Waals surface area (Å²) in [7, 11) is 1.72. The number of thioether (sulfide) groups is 1. The second kappa shape index (κ2) is 7.04. The Kier molecular flexibility index (Phi) is 5.38. The van der Waals surface area contributed by atoms with Crippen molar-refractivity contribution < 1.29 is 4.74 Å². The number of imidazole rings is 1. The molecule has 1 aromatic rings. The van der Waals surface area contributed by atoms with Crippen molar-refractivity contribution in [1.29, 1.82) is 0 Å². The molecule has 1 saturated heterocycles. The molecule has 102 valence electrons. The van der Waals surface area contributed by atoms with E-state index in [1.807, 2.05) is 0 Å². The summed E-state index contributed by atoms with van der Waals surface area (Å²) >= 11 is 2.08. The summed E-state index contributed by atoms with van der Waals surface area (Å²) in [6, 6.07) is 0. The molecule has 1 aliphatic rings. The van der Waals surface area contributed by atoms with Gasteiger partial charge in [-0.1, -0.05) is 0 Å². The molecule has 4 nitrogen and oxygen atoms in total. The van der Waals surface area contributed by atoms with E-state index in [4.69, 9.17) is 4.74 Å². The lowest BCUT2D eigenvalue weighted by molar-refractivity contribution is 0.210. The van der Waals surface area contributed by atoms with Gasteiger partial charge in [-0.2, -0.15) is 11.8 Å². The molecule has 1 N–H and O–H groups in total. The van der Waals surface area contributed by atoms with Crippen molar-refractivity contribution in [3.63, 3.8) is 0 Å². The van der Waals surface area contributed by atoms with Crippen molar-refractivity contribution in [2.75, 3.05) is 37.1 Å². The molecule has 1 fully saturated rings. The summed E-state index contributed by atoms with van der Waals surface area (Å²) < 4.78 is 7.33. The monoisotopic (exact) mass is 269 g/mol. The maximum Gasteiger partial charge on any atom is 0.203 e. The van der Waals surface area contributed by atoms with E-state index in [1.165, 1.54) is 24.3 Å². The number of aromatic nitrogens is 2. The van der Waals surface area contributed by atoms with Crippen molar-refractivity contribution in [1.82, 2.24) is 9.55 Å². The summed E-state index contributed by atoms with van der Waals surface area (Å²) in [5, 5.41) is 3.35. The summed E-state index contributed by atoms with van der Waals surface area (Å²) in [4.78, 5) is 4.54. The Labute approximate surface area is 114 Å². The second-order valence-corrected chi connectivity index (χ2v) is 6.06. The fourth-order valence-electron chi connectivity index (χ4n) is 2.30. The number of ether oxygens (including phenoxy) is 1. The van der Waals surface area contributed by atoms with Crippen LogP contribution in [0.3, 0.4) is 0 Å². The Balaban J connectivity index is 1.93. The van der Waals surface area contributed by atoms with Gasteiger partial charge in [-0.05, 0) is 37.2 Å². The quantitative estimate of drug-likeness (QED) is 0.805. The van der Waals surface area contributed by atoms with Crippen LogP contribution in [0.1, 0.15) is 18.5 Å². The average Bonchev–Trinajstić information content (AvgIpc) is 2.71. The lowest BCUT2D eigenvalue weighted by Gasteiger charge is -2.22. The first-order valence-corrected chi connectivity index (χ1v) is 7.79. The van der Waals surface area contributed by atoms with Crippen LogP contribution in [0.4, 0.5) is 5.95 Å². The van der Waals surface area contributed by atoms with Crippen molar-refractivity contribution in [3.8, 4) is 0 Å². The number of nitrogens with zero attached hydrogens (tertiary/aromatic N) is 2. The van der Waals surface area contributed by atoms with Crippen LogP contribution in [0.2, 0.25) is 0 Å². The highest BCUT2D eigenvalue weighted by molar-refractivity contribution is 7.99. The van der Waals surface area contributed by atoms with Gasteiger partial charge in [-0.3, -0.25) is 0 Å². The number of anilines is 1. The van der Waals surface area contributed by atoms with E-state index in [2.05, 4.69) is 39.8 Å². The molecule has 2 heterocycles. The van der Waals surface area contributed by atoms with E-state index < -0.39 is 0 Å². The third kappa shape index (κ3) is 3.92. The zero-order valence-electron chi connectivity index (χ0n) is 11.3. The molecule has 0 aromatic carbocycles. The molecule has 0 atom stereocenters. The van der Waals surface area contributed by atoms with E-state index >= 15 is 0 Å². The molecule has 5 heteroatoms. The maximum atomic E-state index is 5.06. The third-order valence-corrected chi connectivity index (χ3v) is 4.33. The topological polar surface area (TPSA) is 39.1 Å². The zero-order chi connectivity index (χ0) is 12.8. The van der Waals surface area contributed by atoms with Gasteiger partial charge in [-0.25, -0.2) is 4.98 Å². The summed E-state index contributed by atoms with van der Waals surface area (Å²) in [6.07, 6.45) is 4.82. The Hall–Kier alpha value is -0.680. The molecule has 0 radical (unpaired) electrons. The van der Waals surface area contributed by atoms with Gasteiger partial charge in [0, 0.05) is 26.4 Å². The van der Waals surface area contributed by atoms with E-state index in [0.717, 1.165) is 30.6 Å². The molecule has 18 heavy (non-hydrogen) atoms. The molecular weight excluding hydrogens is 246 g/mol. The van der Waals surface area contributed by atoms with Gasteiger partial charge in [0.1, 0.15) is 0 Å². The van der Waals surface area contributed by atoms with Crippen LogP contribution in [-0.4, -0.2) is 41.3 Å². The molecule has 0 unspecified atom stereocenters. The predicted octanol–water partition coefficient (Wildman–Crippen LogP) is 2.39. The highest BCUT2D eigenvalue weighted by Crippen LogP contribution is 2.25. The van der Waals surface area contributed by atoms with Gasteiger partial charge in [0.25, 0.3) is 0 Å². The summed E-state index contributed by atoms with van der Waals surface area (Å²) in [5.41, 5.74) is 1.08. The molecular formula is C13H23N3OS. The Morgan fingerprint density at radius 2 is 2.28 bits per heavy atom. The van der Waals surface area contributed by atoms with Crippen LogP contribution >= 0.6 is 11.8 Å². The number of nitrogens with one attached hydrogen (secondary N) is 1. The first kappa shape index (κ1) is 13.7. The normalized spacial score (nSPS) is 17.0. The molecule has 1 aromatic heterocycles. The van der Waals surface area contributed by atoms with E-state index in [9.17, 15) is 0 Å². The lowest BCUT2D eigenvalue weighted by atomic mass is 10.0. The minimum absolute atomic E-state index is 0.714. The van der Waals surface area contributed by atoms with E-state index in [-0.39, 0.29) is 0 Å². The van der Waals surface area contributed by atoms with Crippen LogP contribution in [-0.2, 0) is 11.3 Å². The predicted molar refractivity (Wildman–Crippen MR) is 77.4 cm³/mol.